The van der Waals surface area contributed by atoms with Gasteiger partial charge in [-0.2, -0.15) is 0 Å². The first-order valence-electron chi connectivity index (χ1n) is 12.6. The minimum Gasteiger partial charge on any atom is -0.507 e. The Morgan fingerprint density at radius 2 is 1.88 bits per heavy atom. The van der Waals surface area contributed by atoms with Crippen LogP contribution in [0.5, 0.6) is 17.2 Å². The summed E-state index contributed by atoms with van der Waals surface area (Å²) in [5.74, 6) is -2.99. The number of rotatable bonds is 7. The van der Waals surface area contributed by atoms with Gasteiger partial charge >= 0.3 is 5.97 Å². The Balaban J connectivity index is 1.51. The number of carbonyl (C=O) groups is 4. The number of aliphatic carboxylic acids is 1. The number of phenolic OH excluding ortho intramolecular Hbond substituents is 2. The smallest absolute Gasteiger partial charge is 0.303 e. The van der Waals surface area contributed by atoms with Crippen molar-refractivity contribution in [1.29, 1.82) is 0 Å². The second-order valence-corrected chi connectivity index (χ2v) is 10.2. The molecule has 40 heavy (non-hydrogen) atoms. The maximum atomic E-state index is 14.0. The number of aromatic hydroxyl groups is 2. The fourth-order valence-electron chi connectivity index (χ4n) is 5.31. The average molecular weight is 546 g/mol. The number of aryl methyl sites for hydroxylation is 1. The molecule has 3 aromatic rings. The zero-order valence-electron chi connectivity index (χ0n) is 22.3. The number of Topliss-reactive ketones (excluding diaryl/α,β-unsaturated/α-hetero) is 2. The van der Waals surface area contributed by atoms with Gasteiger partial charge < -0.3 is 30.4 Å². The van der Waals surface area contributed by atoms with E-state index in [2.05, 4.69) is 15.3 Å². The van der Waals surface area contributed by atoms with E-state index in [0.717, 1.165) is 0 Å². The summed E-state index contributed by atoms with van der Waals surface area (Å²) < 4.78 is 5.79. The fraction of sp³-hybridized carbons (Fsp3) is 0.276. The van der Waals surface area contributed by atoms with Crippen LogP contribution in [0.4, 0.5) is 5.69 Å². The standard InChI is InChI=1S/C29H27N3O8/c1-12-25(37)23(14(3)33)27-24(26(12)38)29(4)19(40-27)11-18(34)22(28(29)39)13(2)30-15-8-9-16-17(10-15)32-20(31-16)6-5-7-21(35)36/h8-11,30,37-38H,5-7H2,1-4H3,(H,31,32)(H,35,36). The molecular weight excluding hydrogens is 518 g/mol. The number of carboxylic acid groups (broad SMARTS) is 1. The summed E-state index contributed by atoms with van der Waals surface area (Å²) in [5.41, 5.74) is 0.346. The number of hydrogen-bond donors (Lipinski definition) is 5. The van der Waals surface area contributed by atoms with Crippen LogP contribution in [0.1, 0.15) is 60.9 Å². The lowest BCUT2D eigenvalue weighted by molar-refractivity contribution is -0.137. The lowest BCUT2D eigenvalue weighted by Crippen LogP contribution is -2.40. The molecule has 0 spiro atoms. The van der Waals surface area contributed by atoms with Crippen molar-refractivity contribution < 1.29 is 39.2 Å². The van der Waals surface area contributed by atoms with Crippen LogP contribution in [0.2, 0.25) is 0 Å². The van der Waals surface area contributed by atoms with Crippen LogP contribution in [-0.2, 0) is 26.2 Å². The van der Waals surface area contributed by atoms with Crippen LogP contribution in [0.25, 0.3) is 11.0 Å². The number of nitrogens with one attached hydrogen (secondary N) is 2. The van der Waals surface area contributed by atoms with Crippen molar-refractivity contribution in [3.05, 3.63) is 63.8 Å². The number of allylic oxidation sites excluding steroid dienone is 4. The molecule has 1 unspecified atom stereocenters. The number of hydrogen-bond acceptors (Lipinski definition) is 9. The number of nitrogens with zero attached hydrogens (tertiary/aromatic N) is 1. The highest BCUT2D eigenvalue weighted by molar-refractivity contribution is 6.31. The molecular formula is C29H27N3O8. The molecule has 0 radical (unpaired) electrons. The number of benzene rings is 2. The molecule has 206 valence electrons. The fourth-order valence-corrected chi connectivity index (χ4v) is 5.31. The van der Waals surface area contributed by atoms with Crippen molar-refractivity contribution in [2.75, 3.05) is 5.32 Å². The second-order valence-electron chi connectivity index (χ2n) is 10.2. The number of fused-ring (bicyclic) bond motifs is 4. The number of phenols is 2. The summed E-state index contributed by atoms with van der Waals surface area (Å²) in [6, 6.07) is 5.26. The molecule has 0 saturated carbocycles. The molecule has 1 aliphatic heterocycles. The number of H-pyrrole nitrogens is 1. The van der Waals surface area contributed by atoms with E-state index >= 15 is 0 Å². The minimum absolute atomic E-state index is 0.0234. The van der Waals surface area contributed by atoms with Gasteiger partial charge in [-0.05, 0) is 52.3 Å². The van der Waals surface area contributed by atoms with Gasteiger partial charge in [-0.3, -0.25) is 19.2 Å². The number of anilines is 1. The molecule has 1 atom stereocenters. The number of carboxylic acids is 1. The van der Waals surface area contributed by atoms with Gasteiger partial charge in [0.05, 0.1) is 22.2 Å². The quantitative estimate of drug-likeness (QED) is 0.166. The van der Waals surface area contributed by atoms with Crippen molar-refractivity contribution in [2.24, 2.45) is 0 Å². The Bertz CT molecular complexity index is 1730. The largest absolute Gasteiger partial charge is 0.507 e. The SMILES string of the molecule is CC(=O)c1c(O)c(C)c(O)c2c1OC1=CC(=O)C(=C(C)Nc3ccc4nc(CCCC(=O)O)[nH]c4c3)C(=O)C12C. The third kappa shape index (κ3) is 4.01. The van der Waals surface area contributed by atoms with Gasteiger partial charge in [0.25, 0.3) is 0 Å². The van der Waals surface area contributed by atoms with Crippen molar-refractivity contribution in [3.8, 4) is 17.2 Å². The van der Waals surface area contributed by atoms with E-state index in [9.17, 15) is 29.4 Å². The van der Waals surface area contributed by atoms with Crippen LogP contribution in [0, 0.1) is 6.92 Å². The molecule has 0 saturated heterocycles. The summed E-state index contributed by atoms with van der Waals surface area (Å²) in [6.07, 6.45) is 2.12. The molecule has 0 bridgehead atoms. The average Bonchev–Trinajstić information content (AvgIpc) is 3.40. The lowest BCUT2D eigenvalue weighted by atomic mass is 9.70. The normalized spacial score (nSPS) is 19.1. The summed E-state index contributed by atoms with van der Waals surface area (Å²) >= 11 is 0. The summed E-state index contributed by atoms with van der Waals surface area (Å²) in [6.45, 7) is 5.75. The zero-order chi connectivity index (χ0) is 29.1. The van der Waals surface area contributed by atoms with E-state index in [0.29, 0.717) is 35.4 Å². The number of aromatic nitrogens is 2. The number of aromatic amines is 1. The molecule has 0 amide bonds. The van der Waals surface area contributed by atoms with Gasteiger partial charge in [-0.15, -0.1) is 0 Å². The first-order chi connectivity index (χ1) is 18.8. The Kier molecular flexibility index (Phi) is 6.24. The summed E-state index contributed by atoms with van der Waals surface area (Å²) in [5, 5.41) is 33.4. The maximum absolute atomic E-state index is 14.0. The van der Waals surface area contributed by atoms with Gasteiger partial charge in [0.1, 0.15) is 39.8 Å². The topological polar surface area (TPSA) is 179 Å². The highest BCUT2D eigenvalue weighted by Gasteiger charge is 2.56. The second kappa shape index (κ2) is 9.37. The molecule has 0 fully saturated rings. The van der Waals surface area contributed by atoms with E-state index in [1.165, 1.54) is 26.8 Å². The summed E-state index contributed by atoms with van der Waals surface area (Å²) in [7, 11) is 0. The molecule has 11 nitrogen and oxygen atoms in total. The van der Waals surface area contributed by atoms with Gasteiger partial charge in [0.15, 0.2) is 17.3 Å². The number of ether oxygens (including phenoxy) is 1. The van der Waals surface area contributed by atoms with Crippen LogP contribution < -0.4 is 10.1 Å². The third-order valence-electron chi connectivity index (χ3n) is 7.43. The number of ketones is 3. The first kappa shape index (κ1) is 26.7. The third-order valence-corrected chi connectivity index (χ3v) is 7.43. The van der Waals surface area contributed by atoms with E-state index in [-0.39, 0.29) is 51.6 Å². The monoisotopic (exact) mass is 545 g/mol. The van der Waals surface area contributed by atoms with Crippen LogP contribution in [0.15, 0.2) is 41.3 Å². The van der Waals surface area contributed by atoms with E-state index < -0.39 is 34.5 Å². The highest BCUT2D eigenvalue weighted by Crippen LogP contribution is 2.57. The molecule has 2 heterocycles. The van der Waals surface area contributed by atoms with Crippen LogP contribution >= 0.6 is 0 Å². The zero-order valence-corrected chi connectivity index (χ0v) is 22.3. The van der Waals surface area contributed by atoms with Crippen molar-refractivity contribution >= 4 is 40.0 Å². The first-order valence-corrected chi connectivity index (χ1v) is 12.6. The van der Waals surface area contributed by atoms with Crippen molar-refractivity contribution in [1.82, 2.24) is 9.97 Å². The van der Waals surface area contributed by atoms with Crippen molar-refractivity contribution in [2.45, 2.75) is 52.4 Å². The predicted octanol–water partition coefficient (Wildman–Crippen LogP) is 3.96. The Morgan fingerprint density at radius 1 is 1.15 bits per heavy atom. The van der Waals surface area contributed by atoms with Gasteiger partial charge in [0.2, 0.25) is 0 Å². The molecule has 1 aliphatic carbocycles. The predicted molar refractivity (Wildman–Crippen MR) is 144 cm³/mol. The lowest BCUT2D eigenvalue weighted by Gasteiger charge is -2.29. The molecule has 5 N–H and O–H groups in total. The minimum atomic E-state index is -1.60. The molecule has 5 rings (SSSR count). The van der Waals surface area contributed by atoms with Gasteiger partial charge in [0, 0.05) is 35.9 Å². The molecule has 11 heteroatoms. The van der Waals surface area contributed by atoms with E-state index in [4.69, 9.17) is 9.84 Å². The van der Waals surface area contributed by atoms with E-state index in [1.807, 2.05) is 0 Å². The maximum Gasteiger partial charge on any atom is 0.303 e. The van der Waals surface area contributed by atoms with Crippen molar-refractivity contribution in [3.63, 3.8) is 0 Å². The van der Waals surface area contributed by atoms with Crippen LogP contribution in [0.3, 0.4) is 0 Å². The number of imidazole rings is 1. The Morgan fingerprint density at radius 3 is 2.55 bits per heavy atom. The molecule has 2 aromatic carbocycles. The Hall–Kier alpha value is -4.93. The summed E-state index contributed by atoms with van der Waals surface area (Å²) in [4.78, 5) is 57.9. The molecule has 1 aromatic heterocycles. The number of carbonyl (C=O) groups excluding carboxylic acids is 3. The van der Waals surface area contributed by atoms with Gasteiger partial charge in [-0.1, -0.05) is 0 Å². The van der Waals surface area contributed by atoms with E-state index in [1.54, 1.807) is 25.1 Å². The highest BCUT2D eigenvalue weighted by atomic mass is 16.5. The van der Waals surface area contributed by atoms with Gasteiger partial charge in [-0.25, -0.2) is 4.98 Å². The Labute approximate surface area is 228 Å². The van der Waals surface area contributed by atoms with Crippen LogP contribution in [-0.4, -0.2) is 48.6 Å². The molecule has 2 aliphatic rings.